The van der Waals surface area contributed by atoms with Crippen LogP contribution >= 0.6 is 11.6 Å². The summed E-state index contributed by atoms with van der Waals surface area (Å²) in [6, 6.07) is 0. The van der Waals surface area contributed by atoms with Crippen molar-refractivity contribution >= 4 is 11.6 Å². The van der Waals surface area contributed by atoms with Crippen molar-refractivity contribution in [2.45, 2.75) is 69.6 Å². The molecule has 2 atom stereocenters. The molecule has 0 N–H and O–H groups in total. The van der Waals surface area contributed by atoms with Gasteiger partial charge in [0.1, 0.15) is 0 Å². The Morgan fingerprint density at radius 3 is 2.00 bits per heavy atom. The van der Waals surface area contributed by atoms with Crippen LogP contribution in [0.4, 0.5) is 0 Å². The molecule has 14 heavy (non-hydrogen) atoms. The normalized spacial score (nSPS) is 36.6. The van der Waals surface area contributed by atoms with Gasteiger partial charge in [0, 0.05) is 5.38 Å². The van der Waals surface area contributed by atoms with E-state index in [2.05, 4.69) is 0 Å². The van der Waals surface area contributed by atoms with Crippen molar-refractivity contribution in [3.63, 3.8) is 0 Å². The van der Waals surface area contributed by atoms with E-state index in [9.17, 15) is 0 Å². The van der Waals surface area contributed by atoms with Crippen LogP contribution in [0, 0.1) is 11.8 Å². The van der Waals surface area contributed by atoms with Crippen LogP contribution in [0.1, 0.15) is 64.2 Å². The predicted octanol–water partition coefficient (Wildman–Crippen LogP) is 4.75. The highest BCUT2D eigenvalue weighted by atomic mass is 35.5. The molecule has 0 aromatic carbocycles. The highest BCUT2D eigenvalue weighted by Gasteiger charge is 2.26. The zero-order chi connectivity index (χ0) is 9.80. The van der Waals surface area contributed by atoms with Crippen LogP contribution in [0.2, 0.25) is 0 Å². The standard InChI is InChI=1S/C13H23Cl/c14-13-9-5-4-8-12(10-13)11-6-2-1-3-7-11/h11-13H,1-10H2. The maximum Gasteiger partial charge on any atom is 0.0338 e. The molecule has 1 heteroatoms. The predicted molar refractivity (Wildman–Crippen MR) is 62.8 cm³/mol. The van der Waals surface area contributed by atoms with E-state index in [0.717, 1.165) is 11.8 Å². The van der Waals surface area contributed by atoms with E-state index >= 15 is 0 Å². The molecule has 0 aromatic heterocycles. The fraction of sp³-hybridized carbons (Fsp3) is 1.00. The molecule has 2 saturated carbocycles. The molecule has 2 aliphatic rings. The second-order valence-corrected chi connectivity index (χ2v) is 5.89. The molecule has 0 amide bonds. The molecule has 0 aliphatic heterocycles. The molecule has 0 heterocycles. The van der Waals surface area contributed by atoms with E-state index in [4.69, 9.17) is 11.6 Å². The maximum atomic E-state index is 6.34. The zero-order valence-corrected chi connectivity index (χ0v) is 9.94. The Morgan fingerprint density at radius 1 is 0.643 bits per heavy atom. The third kappa shape index (κ3) is 2.89. The van der Waals surface area contributed by atoms with Crippen molar-refractivity contribution in [1.29, 1.82) is 0 Å². The summed E-state index contributed by atoms with van der Waals surface area (Å²) in [4.78, 5) is 0. The number of halogens is 1. The molecule has 0 saturated heterocycles. The van der Waals surface area contributed by atoms with Gasteiger partial charge in [-0.2, -0.15) is 0 Å². The van der Waals surface area contributed by atoms with Crippen LogP contribution in [0.15, 0.2) is 0 Å². The molecule has 0 bridgehead atoms. The van der Waals surface area contributed by atoms with Gasteiger partial charge in [-0.05, 0) is 24.7 Å². The van der Waals surface area contributed by atoms with Gasteiger partial charge in [0.15, 0.2) is 0 Å². The monoisotopic (exact) mass is 214 g/mol. The third-order valence-corrected chi connectivity index (χ3v) is 4.61. The summed E-state index contributed by atoms with van der Waals surface area (Å²) in [5.41, 5.74) is 0. The van der Waals surface area contributed by atoms with Crippen molar-refractivity contribution in [2.75, 3.05) is 0 Å². The average molecular weight is 215 g/mol. The van der Waals surface area contributed by atoms with Crippen LogP contribution in [-0.4, -0.2) is 5.38 Å². The molecule has 82 valence electrons. The Kier molecular flexibility index (Phi) is 4.16. The van der Waals surface area contributed by atoms with Crippen LogP contribution in [-0.2, 0) is 0 Å². The van der Waals surface area contributed by atoms with Gasteiger partial charge < -0.3 is 0 Å². The largest absolute Gasteiger partial charge is 0.123 e. The summed E-state index contributed by atoms with van der Waals surface area (Å²) in [7, 11) is 0. The van der Waals surface area contributed by atoms with E-state index in [-0.39, 0.29) is 0 Å². The first kappa shape index (κ1) is 10.8. The van der Waals surface area contributed by atoms with Crippen LogP contribution in [0.3, 0.4) is 0 Å². The van der Waals surface area contributed by atoms with Crippen molar-refractivity contribution < 1.29 is 0 Å². The van der Waals surface area contributed by atoms with E-state index < -0.39 is 0 Å². The Hall–Kier alpha value is 0.290. The summed E-state index contributed by atoms with van der Waals surface area (Å²) >= 11 is 6.34. The quantitative estimate of drug-likeness (QED) is 0.436. The zero-order valence-electron chi connectivity index (χ0n) is 9.18. The molecule has 0 nitrogen and oxygen atoms in total. The minimum absolute atomic E-state index is 0.490. The Labute approximate surface area is 93.4 Å². The SMILES string of the molecule is ClC1CCCCC(C2CCCCC2)C1. The van der Waals surface area contributed by atoms with E-state index in [1.54, 1.807) is 0 Å². The number of rotatable bonds is 1. The van der Waals surface area contributed by atoms with Gasteiger partial charge in [-0.15, -0.1) is 11.6 Å². The third-order valence-electron chi connectivity index (χ3n) is 4.22. The lowest BCUT2D eigenvalue weighted by molar-refractivity contribution is 0.228. The lowest BCUT2D eigenvalue weighted by atomic mass is 9.77. The highest BCUT2D eigenvalue weighted by Crippen LogP contribution is 2.38. The molecular formula is C13H23Cl. The summed E-state index contributed by atoms with van der Waals surface area (Å²) in [5.74, 6) is 2.00. The molecule has 2 fully saturated rings. The smallest absolute Gasteiger partial charge is 0.0338 e. The first-order valence-corrected chi connectivity index (χ1v) is 6.94. The van der Waals surface area contributed by atoms with Gasteiger partial charge in [0.25, 0.3) is 0 Å². The summed E-state index contributed by atoms with van der Waals surface area (Å²) in [6.07, 6.45) is 14.3. The molecule has 0 radical (unpaired) electrons. The van der Waals surface area contributed by atoms with Crippen LogP contribution in [0.5, 0.6) is 0 Å². The van der Waals surface area contributed by atoms with Gasteiger partial charge in [-0.1, -0.05) is 51.4 Å². The number of alkyl halides is 1. The van der Waals surface area contributed by atoms with E-state index in [0.29, 0.717) is 5.38 Å². The first-order chi connectivity index (χ1) is 6.86. The topological polar surface area (TPSA) is 0 Å². The van der Waals surface area contributed by atoms with Gasteiger partial charge in [0.2, 0.25) is 0 Å². The molecule has 2 aliphatic carbocycles. The Balaban J connectivity index is 1.87. The van der Waals surface area contributed by atoms with Crippen LogP contribution in [0.25, 0.3) is 0 Å². The minimum atomic E-state index is 0.490. The molecular weight excluding hydrogens is 192 g/mol. The fourth-order valence-corrected chi connectivity index (χ4v) is 3.75. The Morgan fingerprint density at radius 2 is 1.21 bits per heavy atom. The van der Waals surface area contributed by atoms with Gasteiger partial charge in [0.05, 0.1) is 0 Å². The highest BCUT2D eigenvalue weighted by molar-refractivity contribution is 6.20. The summed E-state index contributed by atoms with van der Waals surface area (Å²) < 4.78 is 0. The van der Waals surface area contributed by atoms with Crippen LogP contribution < -0.4 is 0 Å². The lowest BCUT2D eigenvalue weighted by Gasteiger charge is -2.30. The second kappa shape index (κ2) is 5.39. The lowest BCUT2D eigenvalue weighted by Crippen LogP contribution is -2.19. The molecule has 2 unspecified atom stereocenters. The summed E-state index contributed by atoms with van der Waals surface area (Å²) in [6.45, 7) is 0. The van der Waals surface area contributed by atoms with Crippen molar-refractivity contribution in [2.24, 2.45) is 11.8 Å². The van der Waals surface area contributed by atoms with Gasteiger partial charge in [-0.25, -0.2) is 0 Å². The first-order valence-electron chi connectivity index (χ1n) is 6.50. The van der Waals surface area contributed by atoms with Crippen molar-refractivity contribution in [3.05, 3.63) is 0 Å². The number of hydrogen-bond donors (Lipinski definition) is 0. The van der Waals surface area contributed by atoms with Crippen molar-refractivity contribution in [1.82, 2.24) is 0 Å². The second-order valence-electron chi connectivity index (χ2n) is 5.28. The van der Waals surface area contributed by atoms with Gasteiger partial charge in [-0.3, -0.25) is 0 Å². The fourth-order valence-electron chi connectivity index (χ4n) is 3.37. The molecule has 2 rings (SSSR count). The molecule has 0 spiro atoms. The Bertz CT molecular complexity index is 161. The number of hydrogen-bond acceptors (Lipinski definition) is 0. The van der Waals surface area contributed by atoms with Gasteiger partial charge >= 0.3 is 0 Å². The maximum absolute atomic E-state index is 6.34. The van der Waals surface area contributed by atoms with E-state index in [1.807, 2.05) is 0 Å². The minimum Gasteiger partial charge on any atom is -0.123 e. The van der Waals surface area contributed by atoms with E-state index in [1.165, 1.54) is 64.2 Å². The average Bonchev–Trinajstić information content (AvgIpc) is 2.44. The summed E-state index contributed by atoms with van der Waals surface area (Å²) in [5, 5.41) is 0.490. The van der Waals surface area contributed by atoms with Crippen molar-refractivity contribution in [3.8, 4) is 0 Å². The molecule has 0 aromatic rings.